The van der Waals surface area contributed by atoms with E-state index in [1.165, 1.54) is 0 Å². The number of hydrogen-bond donors (Lipinski definition) is 3. The molecular weight excluding hydrogens is 422 g/mol. The number of carbonyl (C=O) groups excluding carboxylic acids is 1. The molecule has 0 radical (unpaired) electrons. The van der Waals surface area contributed by atoms with Crippen LogP contribution in [0, 0.1) is 6.92 Å². The number of carbonyl (C=O) groups is 1. The van der Waals surface area contributed by atoms with E-state index in [4.69, 9.17) is 4.74 Å². The van der Waals surface area contributed by atoms with E-state index in [-0.39, 0.29) is 29.6 Å². The van der Waals surface area contributed by atoms with Gasteiger partial charge in [0.1, 0.15) is 5.56 Å². The Morgan fingerprint density at radius 1 is 0.970 bits per heavy atom. The summed E-state index contributed by atoms with van der Waals surface area (Å²) in [6.45, 7) is 3.64. The molecule has 0 amide bonds. The second kappa shape index (κ2) is 9.69. The molecule has 166 valence electrons. The molecule has 10 nitrogen and oxygen atoms in total. The molecular formula is C23H21N7O3. The number of aromatic hydroxyl groups is 1. The largest absolute Gasteiger partial charge is 0.493 e. The normalized spacial score (nSPS) is 11.5. The molecule has 0 unspecified atom stereocenters. The predicted octanol–water partition coefficient (Wildman–Crippen LogP) is 6.43. The molecule has 0 aliphatic heterocycles. The first-order valence-electron chi connectivity index (χ1n) is 10.2. The molecule has 2 heterocycles. The molecule has 3 N–H and O–H groups in total. The Labute approximate surface area is 189 Å². The van der Waals surface area contributed by atoms with Gasteiger partial charge in [-0.2, -0.15) is 10.2 Å². The molecule has 10 heteroatoms. The van der Waals surface area contributed by atoms with Gasteiger partial charge in [0.15, 0.2) is 11.4 Å². The average Bonchev–Trinajstić information content (AvgIpc) is 3.36. The zero-order valence-electron chi connectivity index (χ0n) is 18.0. The number of aryl methyl sites for hydroxylation is 1. The Balaban J connectivity index is 1.73. The molecule has 0 aliphatic carbocycles. The zero-order chi connectivity index (χ0) is 23.2. The zero-order valence-corrected chi connectivity index (χ0v) is 18.0. The van der Waals surface area contributed by atoms with Crippen LogP contribution in [-0.2, 0) is 4.74 Å². The molecule has 4 rings (SSSR count). The van der Waals surface area contributed by atoms with Gasteiger partial charge in [-0.05, 0) is 31.5 Å². The standard InChI is InChI=1S/C23H21N7O3/c1-3-33-23(32)17-19(15-10-6-4-7-11-15)24-22(31)20(17)28-30-21-18(14(2)25-29-21)27-26-16-12-8-5-9-13-16/h4-13,24,31H,3H2,1-2H3,(H,25,29). The molecule has 0 aliphatic rings. The highest BCUT2D eigenvalue weighted by Gasteiger charge is 2.26. The molecule has 0 fully saturated rings. The van der Waals surface area contributed by atoms with Crippen molar-refractivity contribution in [3.63, 3.8) is 0 Å². The summed E-state index contributed by atoms with van der Waals surface area (Å²) in [6.07, 6.45) is 0. The summed E-state index contributed by atoms with van der Waals surface area (Å²) >= 11 is 0. The van der Waals surface area contributed by atoms with Gasteiger partial charge in [0.05, 0.1) is 23.7 Å². The van der Waals surface area contributed by atoms with Gasteiger partial charge < -0.3 is 14.8 Å². The van der Waals surface area contributed by atoms with Gasteiger partial charge in [0, 0.05) is 0 Å². The van der Waals surface area contributed by atoms with Gasteiger partial charge in [-0.3, -0.25) is 5.10 Å². The first-order chi connectivity index (χ1) is 16.1. The average molecular weight is 443 g/mol. The maximum absolute atomic E-state index is 12.7. The number of aromatic amines is 2. The summed E-state index contributed by atoms with van der Waals surface area (Å²) in [4.78, 5) is 15.5. The number of nitrogens with one attached hydrogen (secondary N) is 2. The molecule has 33 heavy (non-hydrogen) atoms. The summed E-state index contributed by atoms with van der Waals surface area (Å²) < 4.78 is 5.18. The van der Waals surface area contributed by atoms with Crippen LogP contribution in [0.25, 0.3) is 11.3 Å². The Bertz CT molecular complexity index is 1310. The fraction of sp³-hybridized carbons (Fsp3) is 0.130. The molecule has 0 spiro atoms. The number of ether oxygens (including phenoxy) is 1. The predicted molar refractivity (Wildman–Crippen MR) is 122 cm³/mol. The molecule has 0 saturated carbocycles. The van der Waals surface area contributed by atoms with E-state index in [0.29, 0.717) is 28.3 Å². The van der Waals surface area contributed by atoms with Gasteiger partial charge in [-0.15, -0.1) is 15.3 Å². The monoisotopic (exact) mass is 443 g/mol. The molecule has 2 aromatic heterocycles. The van der Waals surface area contributed by atoms with Crippen molar-refractivity contribution in [1.29, 1.82) is 0 Å². The minimum Gasteiger partial charge on any atom is -0.493 e. The lowest BCUT2D eigenvalue weighted by molar-refractivity contribution is 0.0528. The lowest BCUT2D eigenvalue weighted by Gasteiger charge is -2.04. The molecule has 0 saturated heterocycles. The number of H-pyrrole nitrogens is 2. The van der Waals surface area contributed by atoms with Crippen LogP contribution < -0.4 is 0 Å². The Morgan fingerprint density at radius 2 is 1.64 bits per heavy atom. The highest BCUT2D eigenvalue weighted by atomic mass is 16.5. The van der Waals surface area contributed by atoms with Crippen molar-refractivity contribution in [3.8, 4) is 17.1 Å². The van der Waals surface area contributed by atoms with Crippen LogP contribution in [0.4, 0.5) is 22.9 Å². The SMILES string of the molecule is CCOC(=O)c1c(-c2ccccc2)[nH]c(O)c1N=Nc1n[nH]c(C)c1N=Nc1ccccc1. The van der Waals surface area contributed by atoms with Gasteiger partial charge in [-0.25, -0.2) is 4.79 Å². The van der Waals surface area contributed by atoms with Crippen molar-refractivity contribution < 1.29 is 14.6 Å². The molecule has 4 aromatic rings. The van der Waals surface area contributed by atoms with Crippen LogP contribution >= 0.6 is 0 Å². The van der Waals surface area contributed by atoms with E-state index in [2.05, 4.69) is 35.6 Å². The van der Waals surface area contributed by atoms with E-state index in [9.17, 15) is 9.90 Å². The topological polar surface area (TPSA) is 140 Å². The number of azo groups is 2. The Hall–Kier alpha value is -4.60. The van der Waals surface area contributed by atoms with Crippen LogP contribution in [0.3, 0.4) is 0 Å². The number of esters is 1. The van der Waals surface area contributed by atoms with Crippen LogP contribution in [-0.4, -0.2) is 32.9 Å². The number of aromatic nitrogens is 3. The smallest absolute Gasteiger partial charge is 0.342 e. The molecule has 0 bridgehead atoms. The summed E-state index contributed by atoms with van der Waals surface area (Å²) in [5, 5.41) is 34.1. The van der Waals surface area contributed by atoms with Crippen molar-refractivity contribution in [3.05, 3.63) is 71.9 Å². The summed E-state index contributed by atoms with van der Waals surface area (Å²) in [5.41, 5.74) is 2.77. The van der Waals surface area contributed by atoms with Crippen molar-refractivity contribution in [2.75, 3.05) is 6.61 Å². The lowest BCUT2D eigenvalue weighted by Crippen LogP contribution is -2.05. The van der Waals surface area contributed by atoms with Gasteiger partial charge in [0.25, 0.3) is 0 Å². The minimum absolute atomic E-state index is 0.0566. The summed E-state index contributed by atoms with van der Waals surface area (Å²) in [6, 6.07) is 18.3. The maximum Gasteiger partial charge on any atom is 0.342 e. The van der Waals surface area contributed by atoms with E-state index in [1.54, 1.807) is 26.0 Å². The molecule has 2 aromatic carbocycles. The van der Waals surface area contributed by atoms with Crippen molar-refractivity contribution in [2.45, 2.75) is 13.8 Å². The summed E-state index contributed by atoms with van der Waals surface area (Å²) in [7, 11) is 0. The van der Waals surface area contributed by atoms with Gasteiger partial charge >= 0.3 is 5.97 Å². The Kier molecular flexibility index (Phi) is 6.35. The maximum atomic E-state index is 12.7. The number of benzene rings is 2. The minimum atomic E-state index is -0.635. The van der Waals surface area contributed by atoms with Gasteiger partial charge in [-0.1, -0.05) is 48.5 Å². The van der Waals surface area contributed by atoms with Gasteiger partial charge in [0.2, 0.25) is 11.7 Å². The first kappa shape index (κ1) is 21.6. The lowest BCUT2D eigenvalue weighted by atomic mass is 10.1. The third-order valence-electron chi connectivity index (χ3n) is 4.66. The van der Waals surface area contributed by atoms with Crippen LogP contribution in [0.1, 0.15) is 23.0 Å². The van der Waals surface area contributed by atoms with Crippen molar-refractivity contribution in [2.24, 2.45) is 20.5 Å². The van der Waals surface area contributed by atoms with E-state index in [1.807, 2.05) is 48.5 Å². The van der Waals surface area contributed by atoms with Crippen LogP contribution in [0.5, 0.6) is 5.88 Å². The van der Waals surface area contributed by atoms with Crippen molar-refractivity contribution >= 4 is 28.8 Å². The van der Waals surface area contributed by atoms with Crippen molar-refractivity contribution in [1.82, 2.24) is 15.2 Å². The third-order valence-corrected chi connectivity index (χ3v) is 4.66. The quantitative estimate of drug-likeness (QED) is 0.224. The highest BCUT2D eigenvalue weighted by molar-refractivity contribution is 6.03. The highest BCUT2D eigenvalue weighted by Crippen LogP contribution is 2.40. The molecule has 0 atom stereocenters. The van der Waals surface area contributed by atoms with E-state index < -0.39 is 5.97 Å². The van der Waals surface area contributed by atoms with E-state index >= 15 is 0 Å². The van der Waals surface area contributed by atoms with Crippen LogP contribution in [0.15, 0.2) is 81.1 Å². The fourth-order valence-electron chi connectivity index (χ4n) is 3.10. The second-order valence-corrected chi connectivity index (χ2v) is 6.92. The number of hydrogen-bond acceptors (Lipinski definition) is 8. The van der Waals surface area contributed by atoms with Crippen LogP contribution in [0.2, 0.25) is 0 Å². The van der Waals surface area contributed by atoms with E-state index in [0.717, 1.165) is 0 Å². The number of nitrogens with zero attached hydrogens (tertiary/aromatic N) is 5. The fourth-order valence-corrected chi connectivity index (χ4v) is 3.10. The first-order valence-corrected chi connectivity index (χ1v) is 10.2. The Morgan fingerprint density at radius 3 is 2.33 bits per heavy atom. The number of rotatable bonds is 7. The third kappa shape index (κ3) is 4.69. The summed E-state index contributed by atoms with van der Waals surface area (Å²) in [5.74, 6) is -0.798. The second-order valence-electron chi connectivity index (χ2n) is 6.92.